The minimum atomic E-state index is -0.0431. The van der Waals surface area contributed by atoms with E-state index in [9.17, 15) is 0 Å². The Hall–Kier alpha value is -3.20. The number of aryl methyl sites for hydroxylation is 1. The summed E-state index contributed by atoms with van der Waals surface area (Å²) in [6, 6.07) is 10.1. The summed E-state index contributed by atoms with van der Waals surface area (Å²) in [6.45, 7) is 5.99. The molecule has 0 spiro atoms. The number of hydrogen-bond donors (Lipinski definition) is 1. The van der Waals surface area contributed by atoms with Crippen molar-refractivity contribution < 1.29 is 4.74 Å². The van der Waals surface area contributed by atoms with Crippen LogP contribution in [0.4, 0.5) is 11.6 Å². The summed E-state index contributed by atoms with van der Waals surface area (Å²) in [4.78, 5) is 12.9. The van der Waals surface area contributed by atoms with Crippen molar-refractivity contribution in [2.75, 3.05) is 5.32 Å². The lowest BCUT2D eigenvalue weighted by Crippen LogP contribution is -2.13. The van der Waals surface area contributed by atoms with Gasteiger partial charge < -0.3 is 10.1 Å². The molecule has 0 amide bonds. The Kier molecular flexibility index (Phi) is 4.75. The van der Waals surface area contributed by atoms with Crippen LogP contribution in [0.25, 0.3) is 10.8 Å². The number of hydrogen-bond acceptors (Lipinski definition) is 6. The largest absolute Gasteiger partial charge is 0.473 e. The van der Waals surface area contributed by atoms with Gasteiger partial charge in [-0.2, -0.15) is 10.2 Å². The molecule has 0 radical (unpaired) electrons. The number of nitrogens with one attached hydrogen (secondary N) is 1. The van der Waals surface area contributed by atoms with Crippen LogP contribution in [0.3, 0.4) is 0 Å². The maximum atomic E-state index is 9.16. The van der Waals surface area contributed by atoms with Crippen molar-refractivity contribution in [2.24, 2.45) is 0 Å². The first-order valence-corrected chi connectivity index (χ1v) is 8.17. The first-order chi connectivity index (χ1) is 12.1. The summed E-state index contributed by atoms with van der Waals surface area (Å²) in [5.41, 5.74) is 1.35. The van der Waals surface area contributed by atoms with Crippen molar-refractivity contribution >= 4 is 22.4 Å². The van der Waals surface area contributed by atoms with Gasteiger partial charge in [0.05, 0.1) is 12.3 Å². The van der Waals surface area contributed by atoms with Crippen molar-refractivity contribution in [3.8, 4) is 11.9 Å². The molecule has 0 saturated carbocycles. The average Bonchev–Trinajstić information content (AvgIpc) is 2.62. The number of rotatable bonds is 5. The van der Waals surface area contributed by atoms with Crippen LogP contribution in [0.5, 0.6) is 5.88 Å². The number of ether oxygens (including phenoxy) is 1. The minimum absolute atomic E-state index is 0.0431. The lowest BCUT2D eigenvalue weighted by molar-refractivity contribution is 0.207. The third-order valence-corrected chi connectivity index (χ3v) is 3.97. The van der Waals surface area contributed by atoms with Crippen LogP contribution >= 0.6 is 0 Å². The number of nitriles is 1. The molecule has 1 atom stereocenters. The van der Waals surface area contributed by atoms with E-state index in [-0.39, 0.29) is 17.7 Å². The van der Waals surface area contributed by atoms with E-state index in [1.54, 1.807) is 0 Å². The molecule has 126 valence electrons. The van der Waals surface area contributed by atoms with Crippen LogP contribution in [-0.4, -0.2) is 21.1 Å². The number of aromatic nitrogens is 3. The van der Waals surface area contributed by atoms with Gasteiger partial charge in [0.15, 0.2) is 5.82 Å². The van der Waals surface area contributed by atoms with Crippen LogP contribution in [0, 0.1) is 18.3 Å². The van der Waals surface area contributed by atoms with Gasteiger partial charge in [-0.3, -0.25) is 0 Å². The molecule has 1 aromatic carbocycles. The Morgan fingerprint density at radius 1 is 1.24 bits per heavy atom. The smallest absolute Gasteiger partial charge is 0.253 e. The molecule has 1 N–H and O–H groups in total. The van der Waals surface area contributed by atoms with Gasteiger partial charge in [-0.05, 0) is 37.3 Å². The molecule has 0 unspecified atom stereocenters. The van der Waals surface area contributed by atoms with Crippen LogP contribution in [0.2, 0.25) is 0 Å². The van der Waals surface area contributed by atoms with Crippen molar-refractivity contribution in [3.05, 3.63) is 47.9 Å². The molecule has 3 aromatic rings. The second-order valence-electron chi connectivity index (χ2n) is 5.85. The van der Waals surface area contributed by atoms with Gasteiger partial charge >= 0.3 is 0 Å². The summed E-state index contributed by atoms with van der Waals surface area (Å²) in [5.74, 6) is 1.38. The summed E-state index contributed by atoms with van der Waals surface area (Å²) in [6.07, 6.45) is 4.11. The normalized spacial score (nSPS) is 11.8. The van der Waals surface area contributed by atoms with E-state index in [2.05, 4.69) is 33.3 Å². The zero-order valence-electron chi connectivity index (χ0n) is 14.4. The van der Waals surface area contributed by atoms with Crippen molar-refractivity contribution in [2.45, 2.75) is 33.3 Å². The Morgan fingerprint density at radius 2 is 2.08 bits per heavy atom. The maximum Gasteiger partial charge on any atom is 0.253 e. The van der Waals surface area contributed by atoms with Crippen molar-refractivity contribution in [1.29, 1.82) is 5.26 Å². The van der Waals surface area contributed by atoms with E-state index >= 15 is 0 Å². The molecule has 0 aliphatic heterocycles. The average molecular weight is 333 g/mol. The SMILES string of the molecule is CC[C@@H](C)Oc1nc(Nc2cc3cccc(C)c3cn2)cnc1C#N. The van der Waals surface area contributed by atoms with E-state index in [0.717, 1.165) is 17.2 Å². The second-order valence-corrected chi connectivity index (χ2v) is 5.85. The maximum absolute atomic E-state index is 9.16. The van der Waals surface area contributed by atoms with Gasteiger partial charge in [-0.1, -0.05) is 25.1 Å². The monoisotopic (exact) mass is 333 g/mol. The molecular formula is C19H19N5O. The Bertz CT molecular complexity index is 948. The Morgan fingerprint density at radius 3 is 2.84 bits per heavy atom. The molecule has 6 nitrogen and oxygen atoms in total. The second kappa shape index (κ2) is 7.14. The topological polar surface area (TPSA) is 83.7 Å². The Balaban J connectivity index is 1.90. The van der Waals surface area contributed by atoms with Gasteiger partial charge in [0.1, 0.15) is 11.9 Å². The van der Waals surface area contributed by atoms with Gasteiger partial charge in [-0.25, -0.2) is 9.97 Å². The fourth-order valence-corrected chi connectivity index (χ4v) is 2.39. The highest BCUT2D eigenvalue weighted by Gasteiger charge is 2.12. The summed E-state index contributed by atoms with van der Waals surface area (Å²) >= 11 is 0. The lowest BCUT2D eigenvalue weighted by atomic mass is 10.1. The molecular weight excluding hydrogens is 314 g/mol. The number of fused-ring (bicyclic) bond motifs is 1. The fourth-order valence-electron chi connectivity index (χ4n) is 2.39. The zero-order valence-corrected chi connectivity index (χ0v) is 14.4. The highest BCUT2D eigenvalue weighted by atomic mass is 16.5. The molecule has 0 saturated heterocycles. The van der Waals surface area contributed by atoms with Gasteiger partial charge in [0, 0.05) is 11.6 Å². The van der Waals surface area contributed by atoms with E-state index in [1.807, 2.05) is 44.3 Å². The third kappa shape index (κ3) is 3.66. The van der Waals surface area contributed by atoms with Crippen LogP contribution in [0.15, 0.2) is 36.7 Å². The molecule has 0 fully saturated rings. The molecule has 0 bridgehead atoms. The van der Waals surface area contributed by atoms with Crippen LogP contribution < -0.4 is 10.1 Å². The zero-order chi connectivity index (χ0) is 17.8. The van der Waals surface area contributed by atoms with Gasteiger partial charge in [0.25, 0.3) is 5.88 Å². The predicted molar refractivity (Wildman–Crippen MR) is 96.9 cm³/mol. The highest BCUT2D eigenvalue weighted by molar-refractivity contribution is 5.87. The molecule has 0 aliphatic carbocycles. The number of anilines is 2. The quantitative estimate of drug-likeness (QED) is 0.756. The van der Waals surface area contributed by atoms with Gasteiger partial charge in [-0.15, -0.1) is 0 Å². The summed E-state index contributed by atoms with van der Waals surface area (Å²) in [5, 5.41) is 14.5. The first-order valence-electron chi connectivity index (χ1n) is 8.17. The summed E-state index contributed by atoms with van der Waals surface area (Å²) < 4.78 is 5.69. The molecule has 2 aromatic heterocycles. The Labute approximate surface area is 146 Å². The predicted octanol–water partition coefficient (Wildman–Crippen LogP) is 4.13. The number of nitrogens with zero attached hydrogens (tertiary/aromatic N) is 4. The number of benzene rings is 1. The molecule has 3 rings (SSSR count). The minimum Gasteiger partial charge on any atom is -0.473 e. The lowest BCUT2D eigenvalue weighted by Gasteiger charge is -2.13. The van der Waals surface area contributed by atoms with Crippen molar-refractivity contribution in [1.82, 2.24) is 15.0 Å². The third-order valence-electron chi connectivity index (χ3n) is 3.97. The fraction of sp³-hybridized carbons (Fsp3) is 0.263. The van der Waals surface area contributed by atoms with E-state index < -0.39 is 0 Å². The van der Waals surface area contributed by atoms with E-state index in [4.69, 9.17) is 10.00 Å². The molecule has 0 aliphatic rings. The van der Waals surface area contributed by atoms with Crippen LogP contribution in [0.1, 0.15) is 31.5 Å². The molecule has 2 heterocycles. The highest BCUT2D eigenvalue weighted by Crippen LogP contribution is 2.23. The summed E-state index contributed by atoms with van der Waals surface area (Å²) in [7, 11) is 0. The van der Waals surface area contributed by atoms with E-state index in [0.29, 0.717) is 11.6 Å². The van der Waals surface area contributed by atoms with Crippen LogP contribution in [-0.2, 0) is 0 Å². The van der Waals surface area contributed by atoms with E-state index in [1.165, 1.54) is 11.8 Å². The standard InChI is InChI=1S/C19H19N5O/c1-4-13(3)25-19-16(9-20)21-11-18(24-19)23-17-8-14-7-5-6-12(2)15(14)10-22-17/h5-8,10-11,13H,4H2,1-3H3,(H,22,23,24)/t13-/m1/s1. The number of pyridine rings is 1. The molecule has 6 heteroatoms. The first kappa shape index (κ1) is 16.7. The molecule has 25 heavy (non-hydrogen) atoms. The van der Waals surface area contributed by atoms with Gasteiger partial charge in [0.2, 0.25) is 5.69 Å². The van der Waals surface area contributed by atoms with Crippen molar-refractivity contribution in [3.63, 3.8) is 0 Å².